The van der Waals surface area contributed by atoms with E-state index in [-0.39, 0.29) is 5.92 Å². The Labute approximate surface area is 60.9 Å². The fourth-order valence-electron chi connectivity index (χ4n) is 0.475. The molecule has 0 radical (unpaired) electrons. The van der Waals surface area contributed by atoms with Crippen LogP contribution in [0.4, 0.5) is 0 Å². The van der Waals surface area contributed by atoms with E-state index in [1.807, 2.05) is 6.92 Å². The van der Waals surface area contributed by atoms with Crippen LogP contribution in [0.3, 0.4) is 0 Å². The SMILES string of the molecule is CC(C=O)=CCC(C)C=O. The van der Waals surface area contributed by atoms with Crippen LogP contribution in [-0.2, 0) is 9.59 Å². The first-order chi connectivity index (χ1) is 4.70. The first-order valence-electron chi connectivity index (χ1n) is 3.28. The Balaban J connectivity index is 3.70. The third kappa shape index (κ3) is 4.01. The van der Waals surface area contributed by atoms with Gasteiger partial charge in [-0.1, -0.05) is 13.0 Å². The normalized spacial score (nSPS) is 14.4. The van der Waals surface area contributed by atoms with Crippen LogP contribution in [0.15, 0.2) is 11.6 Å². The van der Waals surface area contributed by atoms with E-state index >= 15 is 0 Å². The van der Waals surface area contributed by atoms with E-state index < -0.39 is 0 Å². The van der Waals surface area contributed by atoms with E-state index in [2.05, 4.69) is 0 Å². The van der Waals surface area contributed by atoms with Gasteiger partial charge >= 0.3 is 0 Å². The van der Waals surface area contributed by atoms with Crippen molar-refractivity contribution in [2.45, 2.75) is 20.3 Å². The van der Waals surface area contributed by atoms with Crippen LogP contribution in [0.1, 0.15) is 20.3 Å². The maximum absolute atomic E-state index is 10.1. The summed E-state index contributed by atoms with van der Waals surface area (Å²) in [6, 6.07) is 0. The number of hydrogen-bond acceptors (Lipinski definition) is 2. The van der Waals surface area contributed by atoms with E-state index in [0.717, 1.165) is 12.6 Å². The molecule has 1 atom stereocenters. The quantitative estimate of drug-likeness (QED) is 0.436. The Hall–Kier alpha value is -0.920. The molecule has 10 heavy (non-hydrogen) atoms. The van der Waals surface area contributed by atoms with Gasteiger partial charge in [-0.25, -0.2) is 0 Å². The molecule has 56 valence electrons. The molecule has 0 spiro atoms. The molecule has 0 aliphatic rings. The lowest BCUT2D eigenvalue weighted by Crippen LogP contribution is -1.93. The molecule has 0 aromatic rings. The fourth-order valence-corrected chi connectivity index (χ4v) is 0.475. The van der Waals surface area contributed by atoms with Crippen molar-refractivity contribution in [2.24, 2.45) is 5.92 Å². The Kier molecular flexibility index (Phi) is 4.46. The monoisotopic (exact) mass is 140 g/mol. The summed E-state index contributed by atoms with van der Waals surface area (Å²) in [5.41, 5.74) is 0.689. The lowest BCUT2D eigenvalue weighted by Gasteiger charge is -1.95. The Morgan fingerprint density at radius 3 is 2.50 bits per heavy atom. The van der Waals surface area contributed by atoms with E-state index in [0.29, 0.717) is 12.0 Å². The summed E-state index contributed by atoms with van der Waals surface area (Å²) < 4.78 is 0. The Morgan fingerprint density at radius 1 is 1.50 bits per heavy atom. The average molecular weight is 140 g/mol. The highest BCUT2D eigenvalue weighted by Crippen LogP contribution is 2.00. The van der Waals surface area contributed by atoms with Crippen LogP contribution < -0.4 is 0 Å². The van der Waals surface area contributed by atoms with Crippen LogP contribution in [0, 0.1) is 5.92 Å². The molecule has 0 saturated heterocycles. The van der Waals surface area contributed by atoms with Gasteiger partial charge in [0.05, 0.1) is 0 Å². The summed E-state index contributed by atoms with van der Waals surface area (Å²) in [6.07, 6.45) is 4.10. The van der Waals surface area contributed by atoms with Gasteiger partial charge in [0.15, 0.2) is 0 Å². The maximum Gasteiger partial charge on any atom is 0.145 e. The third-order valence-electron chi connectivity index (χ3n) is 1.23. The molecule has 0 aromatic heterocycles. The predicted octanol–water partition coefficient (Wildman–Crippen LogP) is 1.36. The van der Waals surface area contributed by atoms with Gasteiger partial charge in [0.2, 0.25) is 0 Å². The predicted molar refractivity (Wildman–Crippen MR) is 39.7 cm³/mol. The summed E-state index contributed by atoms with van der Waals surface area (Å²) in [5.74, 6) is 0.0231. The van der Waals surface area contributed by atoms with Crippen molar-refractivity contribution in [3.8, 4) is 0 Å². The molecule has 0 aliphatic heterocycles. The highest BCUT2D eigenvalue weighted by molar-refractivity contribution is 5.72. The summed E-state index contributed by atoms with van der Waals surface area (Å²) in [5, 5.41) is 0. The molecule has 0 aliphatic carbocycles. The van der Waals surface area contributed by atoms with E-state index in [4.69, 9.17) is 0 Å². The highest BCUT2D eigenvalue weighted by Gasteiger charge is 1.95. The summed E-state index contributed by atoms with van der Waals surface area (Å²) in [7, 11) is 0. The Morgan fingerprint density at radius 2 is 2.10 bits per heavy atom. The molecular weight excluding hydrogens is 128 g/mol. The van der Waals surface area contributed by atoms with Crippen molar-refractivity contribution in [2.75, 3.05) is 0 Å². The van der Waals surface area contributed by atoms with Gasteiger partial charge in [0, 0.05) is 5.92 Å². The van der Waals surface area contributed by atoms with Crippen LogP contribution in [0.5, 0.6) is 0 Å². The third-order valence-corrected chi connectivity index (χ3v) is 1.23. The molecule has 0 N–H and O–H groups in total. The zero-order chi connectivity index (χ0) is 7.98. The largest absolute Gasteiger partial charge is 0.303 e. The second-order valence-electron chi connectivity index (χ2n) is 2.42. The summed E-state index contributed by atoms with van der Waals surface area (Å²) in [6.45, 7) is 3.55. The van der Waals surface area contributed by atoms with Crippen LogP contribution >= 0.6 is 0 Å². The smallest absolute Gasteiger partial charge is 0.145 e. The van der Waals surface area contributed by atoms with E-state index in [9.17, 15) is 9.59 Å². The zero-order valence-corrected chi connectivity index (χ0v) is 6.33. The topological polar surface area (TPSA) is 34.1 Å². The highest BCUT2D eigenvalue weighted by atomic mass is 16.1. The molecule has 2 heteroatoms. The van der Waals surface area contributed by atoms with Crippen molar-refractivity contribution in [1.29, 1.82) is 0 Å². The van der Waals surface area contributed by atoms with Crippen LogP contribution in [-0.4, -0.2) is 12.6 Å². The lowest BCUT2D eigenvalue weighted by atomic mass is 10.1. The molecular formula is C8H12O2. The number of allylic oxidation sites excluding steroid dienone is 2. The van der Waals surface area contributed by atoms with E-state index in [1.54, 1.807) is 13.0 Å². The second-order valence-corrected chi connectivity index (χ2v) is 2.42. The number of aldehydes is 2. The maximum atomic E-state index is 10.1. The lowest BCUT2D eigenvalue weighted by molar-refractivity contribution is -0.110. The van der Waals surface area contributed by atoms with Crippen molar-refractivity contribution in [1.82, 2.24) is 0 Å². The molecule has 0 aromatic carbocycles. The van der Waals surface area contributed by atoms with Crippen LogP contribution in [0.25, 0.3) is 0 Å². The second kappa shape index (κ2) is 4.91. The molecule has 0 fully saturated rings. The minimum absolute atomic E-state index is 0.0231. The van der Waals surface area contributed by atoms with Crippen LogP contribution in [0.2, 0.25) is 0 Å². The standard InChI is InChI=1S/C8H12O2/c1-7(5-9)3-4-8(2)6-10/h3,5-6,8H,4H2,1-2H3. The van der Waals surface area contributed by atoms with Crippen molar-refractivity contribution in [3.05, 3.63) is 11.6 Å². The number of carbonyl (C=O) groups excluding carboxylic acids is 2. The van der Waals surface area contributed by atoms with Gasteiger partial charge in [0.1, 0.15) is 12.6 Å². The molecule has 1 unspecified atom stereocenters. The first-order valence-corrected chi connectivity index (χ1v) is 3.28. The number of hydrogen-bond donors (Lipinski definition) is 0. The van der Waals surface area contributed by atoms with Gasteiger partial charge in [-0.05, 0) is 18.9 Å². The van der Waals surface area contributed by atoms with Crippen molar-refractivity contribution < 1.29 is 9.59 Å². The Bertz CT molecular complexity index is 147. The first kappa shape index (κ1) is 9.08. The minimum atomic E-state index is 0.0231. The molecule has 0 bridgehead atoms. The summed E-state index contributed by atoms with van der Waals surface area (Å²) >= 11 is 0. The summed E-state index contributed by atoms with van der Waals surface area (Å²) in [4.78, 5) is 20.1. The molecule has 0 heterocycles. The van der Waals surface area contributed by atoms with Gasteiger partial charge in [-0.3, -0.25) is 4.79 Å². The molecule has 0 saturated carbocycles. The molecule has 0 amide bonds. The zero-order valence-electron chi connectivity index (χ0n) is 6.33. The van der Waals surface area contributed by atoms with Gasteiger partial charge in [0.25, 0.3) is 0 Å². The molecule has 0 rings (SSSR count). The number of rotatable bonds is 4. The van der Waals surface area contributed by atoms with Gasteiger partial charge < -0.3 is 4.79 Å². The van der Waals surface area contributed by atoms with Crippen molar-refractivity contribution >= 4 is 12.6 Å². The van der Waals surface area contributed by atoms with Gasteiger partial charge in [-0.2, -0.15) is 0 Å². The average Bonchev–Trinajstić information content (AvgIpc) is 1.99. The van der Waals surface area contributed by atoms with Crippen molar-refractivity contribution in [3.63, 3.8) is 0 Å². The number of carbonyl (C=O) groups is 2. The van der Waals surface area contributed by atoms with Gasteiger partial charge in [-0.15, -0.1) is 0 Å². The van der Waals surface area contributed by atoms with E-state index in [1.165, 1.54) is 0 Å². The fraction of sp³-hybridized carbons (Fsp3) is 0.500. The molecule has 2 nitrogen and oxygen atoms in total. The minimum Gasteiger partial charge on any atom is -0.303 e.